The molecule has 6 nitrogen and oxygen atoms in total. The van der Waals surface area contributed by atoms with Crippen molar-refractivity contribution in [2.24, 2.45) is 0 Å². The van der Waals surface area contributed by atoms with Crippen LogP contribution in [0.25, 0.3) is 5.57 Å². The van der Waals surface area contributed by atoms with Gasteiger partial charge in [-0.2, -0.15) is 0 Å². The number of benzene rings is 1. The highest BCUT2D eigenvalue weighted by molar-refractivity contribution is 6.08. The Kier molecular flexibility index (Phi) is 15.9. The molecule has 0 fully saturated rings. The number of ether oxygens (including phenoxy) is 1. The van der Waals surface area contributed by atoms with E-state index in [0.29, 0.717) is 6.42 Å². The van der Waals surface area contributed by atoms with Crippen molar-refractivity contribution in [3.63, 3.8) is 0 Å². The minimum Gasteiger partial charge on any atom is -0.498 e. The van der Waals surface area contributed by atoms with Crippen LogP contribution in [0.1, 0.15) is 92.0 Å². The summed E-state index contributed by atoms with van der Waals surface area (Å²) < 4.78 is 7.90. The predicted molar refractivity (Wildman–Crippen MR) is 172 cm³/mol. The van der Waals surface area contributed by atoms with Crippen LogP contribution in [0.4, 0.5) is 0 Å². The molecule has 2 aromatic heterocycles. The molecule has 1 aromatic carbocycles. The van der Waals surface area contributed by atoms with E-state index in [2.05, 4.69) is 49.2 Å². The van der Waals surface area contributed by atoms with E-state index >= 15 is 0 Å². The Morgan fingerprint density at radius 3 is 2.26 bits per heavy atom. The van der Waals surface area contributed by atoms with Gasteiger partial charge in [0, 0.05) is 43.4 Å². The summed E-state index contributed by atoms with van der Waals surface area (Å²) in [6.45, 7) is 18.0. The fourth-order valence-corrected chi connectivity index (χ4v) is 4.54. The van der Waals surface area contributed by atoms with Crippen molar-refractivity contribution in [2.45, 2.75) is 71.3 Å². The quantitative estimate of drug-likeness (QED) is 0.0893. The van der Waals surface area contributed by atoms with Crippen LogP contribution >= 0.6 is 0 Å². The molecule has 3 heterocycles. The fraction of sp³-hybridized carbons (Fsp3) is 0.389. The molecule has 0 saturated heterocycles. The molecule has 0 saturated carbocycles. The van der Waals surface area contributed by atoms with Gasteiger partial charge in [0.25, 0.3) is 0 Å². The Balaban J connectivity index is 0.000000276. The summed E-state index contributed by atoms with van der Waals surface area (Å²) in [4.78, 5) is 16.8. The Bertz CT molecular complexity index is 1250. The largest absolute Gasteiger partial charge is 0.498 e. The van der Waals surface area contributed by atoms with Crippen molar-refractivity contribution in [1.29, 1.82) is 0 Å². The number of unbranched alkanes of at least 4 members (excludes halogenated alkanes) is 1. The minimum absolute atomic E-state index is 0.0787. The number of carbonyl (C=O) groups excluding carboxylic acids is 1. The summed E-state index contributed by atoms with van der Waals surface area (Å²) in [6.07, 6.45) is 10.5. The number of ketones is 1. The number of carbonyl (C=O) groups is 1. The van der Waals surface area contributed by atoms with Crippen LogP contribution in [-0.4, -0.2) is 45.4 Å². The van der Waals surface area contributed by atoms with Crippen LogP contribution in [0.3, 0.4) is 0 Å². The molecule has 4 rings (SSSR count). The first-order valence-corrected chi connectivity index (χ1v) is 14.9. The van der Waals surface area contributed by atoms with E-state index in [1.165, 1.54) is 11.1 Å². The van der Waals surface area contributed by atoms with Gasteiger partial charge in [0.2, 0.25) is 5.78 Å². The fourth-order valence-electron chi connectivity index (χ4n) is 4.54. The zero-order chi connectivity index (χ0) is 30.7. The number of hydrogen-bond donors (Lipinski definition) is 2. The van der Waals surface area contributed by atoms with Gasteiger partial charge in [-0.1, -0.05) is 68.5 Å². The third kappa shape index (κ3) is 11.3. The van der Waals surface area contributed by atoms with Crippen LogP contribution in [0.15, 0.2) is 98.1 Å². The van der Waals surface area contributed by atoms with E-state index in [-0.39, 0.29) is 24.9 Å². The maximum absolute atomic E-state index is 12.7. The predicted octanol–water partition coefficient (Wildman–Crippen LogP) is 7.74. The van der Waals surface area contributed by atoms with Gasteiger partial charge < -0.3 is 19.5 Å². The van der Waals surface area contributed by atoms with Crippen molar-refractivity contribution >= 4 is 11.4 Å². The third-order valence-electron chi connectivity index (χ3n) is 6.92. The number of rotatable bonds is 14. The van der Waals surface area contributed by atoms with Gasteiger partial charge in [0.05, 0.1) is 24.0 Å². The minimum atomic E-state index is 0.0787. The van der Waals surface area contributed by atoms with E-state index in [1.807, 2.05) is 54.7 Å². The molecule has 226 valence electrons. The second-order valence-electron chi connectivity index (χ2n) is 10.5. The summed E-state index contributed by atoms with van der Waals surface area (Å²) in [5.41, 5.74) is 6.19. The van der Waals surface area contributed by atoms with Crippen molar-refractivity contribution in [3.8, 4) is 0 Å². The molecule has 1 unspecified atom stereocenters. The van der Waals surface area contributed by atoms with E-state index in [0.717, 1.165) is 80.0 Å². The van der Waals surface area contributed by atoms with Crippen LogP contribution < -0.4 is 0 Å². The molecule has 0 bridgehead atoms. The molecule has 1 atom stereocenters. The average Bonchev–Trinajstić information content (AvgIpc) is 3.61. The summed E-state index contributed by atoms with van der Waals surface area (Å²) in [6, 6.07) is 17.4. The number of aromatic nitrogens is 2. The Hall–Kier alpha value is -3.74. The summed E-state index contributed by atoms with van der Waals surface area (Å²) in [7, 11) is 0. The SMILES string of the molecule is C=C(C)CCCC(=C)c1cccnc1.C=C(OCCCC)C1CCn2c(C(=O)c3ccccc3)ccc21.OCCCO. The van der Waals surface area contributed by atoms with Gasteiger partial charge in [-0.3, -0.25) is 9.78 Å². The van der Waals surface area contributed by atoms with Gasteiger partial charge in [-0.25, -0.2) is 0 Å². The summed E-state index contributed by atoms with van der Waals surface area (Å²) in [5, 5.41) is 15.8. The molecule has 0 amide bonds. The topological polar surface area (TPSA) is 84.6 Å². The summed E-state index contributed by atoms with van der Waals surface area (Å²) in [5.74, 6) is 1.10. The highest BCUT2D eigenvalue weighted by atomic mass is 16.5. The molecule has 6 heteroatoms. The van der Waals surface area contributed by atoms with Crippen molar-refractivity contribution in [1.82, 2.24) is 9.55 Å². The second-order valence-corrected chi connectivity index (χ2v) is 10.5. The average molecular weight is 573 g/mol. The first kappa shape index (κ1) is 34.5. The third-order valence-corrected chi connectivity index (χ3v) is 6.92. The highest BCUT2D eigenvalue weighted by Crippen LogP contribution is 2.36. The second kappa shape index (κ2) is 19.4. The van der Waals surface area contributed by atoms with E-state index < -0.39 is 0 Å². The molecule has 0 aliphatic carbocycles. The number of fused-ring (bicyclic) bond motifs is 1. The van der Waals surface area contributed by atoms with Crippen molar-refractivity contribution in [3.05, 3.63) is 121 Å². The lowest BCUT2D eigenvalue weighted by Crippen LogP contribution is -2.08. The number of aliphatic hydroxyl groups excluding tert-OH is 2. The van der Waals surface area contributed by atoms with Crippen LogP contribution in [0.2, 0.25) is 0 Å². The highest BCUT2D eigenvalue weighted by Gasteiger charge is 2.29. The molecular weight excluding hydrogens is 524 g/mol. The first-order valence-electron chi connectivity index (χ1n) is 14.9. The molecule has 2 N–H and O–H groups in total. The maximum atomic E-state index is 12.7. The van der Waals surface area contributed by atoms with Gasteiger partial charge >= 0.3 is 0 Å². The zero-order valence-electron chi connectivity index (χ0n) is 25.4. The monoisotopic (exact) mass is 572 g/mol. The zero-order valence-corrected chi connectivity index (χ0v) is 25.4. The maximum Gasteiger partial charge on any atom is 0.209 e. The van der Waals surface area contributed by atoms with E-state index in [4.69, 9.17) is 14.9 Å². The van der Waals surface area contributed by atoms with Crippen molar-refractivity contribution in [2.75, 3.05) is 19.8 Å². The number of nitrogens with zero attached hydrogens (tertiary/aromatic N) is 2. The van der Waals surface area contributed by atoms with Crippen LogP contribution in [-0.2, 0) is 11.3 Å². The van der Waals surface area contributed by atoms with E-state index in [1.54, 1.807) is 6.20 Å². The first-order chi connectivity index (χ1) is 20.3. The molecule has 3 aromatic rings. The van der Waals surface area contributed by atoms with Crippen molar-refractivity contribution < 1.29 is 19.7 Å². The number of aliphatic hydroxyl groups is 2. The molecule has 0 spiro atoms. The lowest BCUT2D eigenvalue weighted by atomic mass is 10.0. The lowest BCUT2D eigenvalue weighted by Gasteiger charge is -2.14. The van der Waals surface area contributed by atoms with Gasteiger partial charge in [0.1, 0.15) is 0 Å². The molecule has 1 aliphatic heterocycles. The Labute approximate surface area is 252 Å². The van der Waals surface area contributed by atoms with Crippen LogP contribution in [0.5, 0.6) is 0 Å². The molecule has 0 radical (unpaired) electrons. The summed E-state index contributed by atoms with van der Waals surface area (Å²) >= 11 is 0. The van der Waals surface area contributed by atoms with Crippen LogP contribution in [0, 0.1) is 0 Å². The molecular formula is C36H48N2O4. The number of allylic oxidation sites excluding steroid dienone is 3. The number of pyridine rings is 1. The normalized spacial score (nSPS) is 13.1. The number of hydrogen-bond acceptors (Lipinski definition) is 5. The molecule has 1 aliphatic rings. The standard InChI is InChI=1S/C20H23NO2.C13H17N.C3H8O2/c1-3-4-14-23-15(2)17-12-13-21-18(17)10-11-19(21)20(22)16-8-6-5-7-9-16;1-11(2)6-4-7-12(3)13-8-5-9-14-10-13;4-2-1-3-5/h5-11,17H,2-4,12-14H2,1H3;5,8-10H,1,3-4,6-7H2,2H3;4-5H,1-3H2. The Morgan fingerprint density at radius 1 is 0.952 bits per heavy atom. The van der Waals surface area contributed by atoms with E-state index in [9.17, 15) is 4.79 Å². The smallest absolute Gasteiger partial charge is 0.209 e. The molecule has 42 heavy (non-hydrogen) atoms. The Morgan fingerprint density at radius 2 is 1.67 bits per heavy atom. The van der Waals surface area contributed by atoms with Gasteiger partial charge in [-0.15, -0.1) is 6.58 Å². The van der Waals surface area contributed by atoms with Gasteiger partial charge in [-0.05, 0) is 74.8 Å². The lowest BCUT2D eigenvalue weighted by molar-refractivity contribution is 0.103. The van der Waals surface area contributed by atoms with Gasteiger partial charge in [0.15, 0.2) is 0 Å².